The number of hydrogen-bond donors (Lipinski definition) is 3. The van der Waals surface area contributed by atoms with Crippen molar-refractivity contribution in [2.45, 2.75) is 19.3 Å². The molecule has 31 heavy (non-hydrogen) atoms. The van der Waals surface area contributed by atoms with E-state index in [-0.39, 0.29) is 41.8 Å². The lowest BCUT2D eigenvalue weighted by Crippen LogP contribution is -2.42. The molecule has 2 aromatic rings. The first-order valence-electron chi connectivity index (χ1n) is 9.26. The lowest BCUT2D eigenvalue weighted by molar-refractivity contribution is -0.138. The maximum absolute atomic E-state index is 14.6. The Morgan fingerprint density at radius 3 is 2.45 bits per heavy atom. The summed E-state index contributed by atoms with van der Waals surface area (Å²) in [5, 5.41) is 11.8. The highest BCUT2D eigenvalue weighted by atomic mass is 127. The van der Waals surface area contributed by atoms with E-state index >= 15 is 0 Å². The van der Waals surface area contributed by atoms with Crippen LogP contribution in [-0.2, 0) is 15.0 Å². The molecule has 0 radical (unpaired) electrons. The molecule has 0 saturated carbocycles. The van der Waals surface area contributed by atoms with Crippen LogP contribution in [-0.4, -0.2) is 36.9 Å². The highest BCUT2D eigenvalue weighted by Gasteiger charge is 2.30. The van der Waals surface area contributed by atoms with Crippen molar-refractivity contribution >= 4 is 67.4 Å². The standard InChI is InChI=1S/C19H19ClF2IN3O4S/c20-13-10-12(23)1-3-15(13)24-19-16(4-2-14(21)18(19)22)25-31(29,30)26-7-5-11(6-8-26)9-17(27)28/h1-4,10-11,24-25H,5-9H2,(H,27,28). The molecule has 0 spiro atoms. The molecule has 7 nitrogen and oxygen atoms in total. The molecule has 1 aliphatic rings. The molecule has 0 atom stereocenters. The molecule has 3 N–H and O–H groups in total. The maximum atomic E-state index is 14.6. The van der Waals surface area contributed by atoms with E-state index in [1.807, 2.05) is 22.6 Å². The summed E-state index contributed by atoms with van der Waals surface area (Å²) in [6.07, 6.45) is 0.776. The normalized spacial score (nSPS) is 15.6. The van der Waals surface area contributed by atoms with E-state index in [0.29, 0.717) is 12.8 Å². The van der Waals surface area contributed by atoms with E-state index in [1.54, 1.807) is 18.2 Å². The Labute approximate surface area is 197 Å². The van der Waals surface area contributed by atoms with E-state index in [1.165, 1.54) is 0 Å². The zero-order valence-corrected chi connectivity index (χ0v) is 19.8. The number of piperidine rings is 1. The Balaban J connectivity index is 1.83. The first kappa shape index (κ1) is 24.0. The van der Waals surface area contributed by atoms with Crippen LogP contribution in [0.25, 0.3) is 0 Å². The molecule has 1 heterocycles. The van der Waals surface area contributed by atoms with E-state index in [0.717, 1.165) is 20.0 Å². The number of hydrogen-bond acceptors (Lipinski definition) is 4. The summed E-state index contributed by atoms with van der Waals surface area (Å²) in [6, 6.07) is 6.84. The molecule has 0 unspecified atom stereocenters. The second-order valence-electron chi connectivity index (χ2n) is 7.08. The maximum Gasteiger partial charge on any atom is 0.303 e. The molecule has 12 heteroatoms. The Kier molecular flexibility index (Phi) is 7.60. The number of carbonyl (C=O) groups is 1. The van der Waals surface area contributed by atoms with Crippen molar-refractivity contribution < 1.29 is 27.1 Å². The van der Waals surface area contributed by atoms with Crippen LogP contribution in [0.1, 0.15) is 19.3 Å². The third-order valence-electron chi connectivity index (χ3n) is 4.90. The minimum Gasteiger partial charge on any atom is -0.481 e. The predicted molar refractivity (Wildman–Crippen MR) is 123 cm³/mol. The van der Waals surface area contributed by atoms with E-state index in [9.17, 15) is 22.0 Å². The van der Waals surface area contributed by atoms with Crippen molar-refractivity contribution in [1.82, 2.24) is 4.31 Å². The Morgan fingerprint density at radius 2 is 1.84 bits per heavy atom. The van der Waals surface area contributed by atoms with Crippen LogP contribution in [0.15, 0.2) is 30.3 Å². The molecule has 1 aliphatic heterocycles. The van der Waals surface area contributed by atoms with Crippen LogP contribution in [0, 0.1) is 21.1 Å². The first-order chi connectivity index (χ1) is 14.6. The van der Waals surface area contributed by atoms with Crippen molar-refractivity contribution in [3.8, 4) is 0 Å². The molecular formula is C19H19ClF2IN3O4S. The van der Waals surface area contributed by atoms with Crippen LogP contribution in [0.3, 0.4) is 0 Å². The number of benzene rings is 2. The number of carboxylic acid groups (broad SMARTS) is 1. The van der Waals surface area contributed by atoms with E-state index in [2.05, 4.69) is 10.0 Å². The quantitative estimate of drug-likeness (QED) is 0.405. The van der Waals surface area contributed by atoms with Crippen LogP contribution in [0.4, 0.5) is 25.8 Å². The van der Waals surface area contributed by atoms with Gasteiger partial charge in [0.2, 0.25) is 0 Å². The number of aliphatic carboxylic acids is 1. The second kappa shape index (κ2) is 9.84. The summed E-state index contributed by atoms with van der Waals surface area (Å²) in [5.41, 5.74) is -0.296. The largest absolute Gasteiger partial charge is 0.481 e. The van der Waals surface area contributed by atoms with Crippen LogP contribution < -0.4 is 10.0 Å². The average Bonchev–Trinajstić information content (AvgIpc) is 2.69. The summed E-state index contributed by atoms with van der Waals surface area (Å²) in [7, 11) is -4.08. The number of nitrogens with zero attached hydrogens (tertiary/aromatic N) is 1. The molecule has 0 bridgehead atoms. The molecule has 168 valence electrons. The van der Waals surface area contributed by atoms with Crippen LogP contribution in [0.2, 0.25) is 5.02 Å². The Bertz CT molecular complexity index is 1100. The number of nitrogens with one attached hydrogen (secondary N) is 2. The van der Waals surface area contributed by atoms with Gasteiger partial charge >= 0.3 is 16.2 Å². The third-order valence-corrected chi connectivity index (χ3v) is 7.41. The fraction of sp³-hybridized carbons (Fsp3) is 0.316. The summed E-state index contributed by atoms with van der Waals surface area (Å²) in [5.74, 6) is -3.43. The molecule has 1 fully saturated rings. The smallest absolute Gasteiger partial charge is 0.303 e. The van der Waals surface area contributed by atoms with E-state index in [4.69, 9.17) is 16.7 Å². The third kappa shape index (κ3) is 5.96. The lowest BCUT2D eigenvalue weighted by Gasteiger charge is -2.31. The SMILES string of the molecule is O=C(O)CC1CCN(S(=O)(=O)Nc2ccc(F)c(F)c2Nc2ccc(I)cc2Cl)CC1. The van der Waals surface area contributed by atoms with Gasteiger partial charge in [-0.15, -0.1) is 0 Å². The van der Waals surface area contributed by atoms with Gasteiger partial charge in [0.25, 0.3) is 0 Å². The van der Waals surface area contributed by atoms with Gasteiger partial charge in [-0.05, 0) is 71.7 Å². The molecule has 1 saturated heterocycles. The topological polar surface area (TPSA) is 98.7 Å². The van der Waals surface area contributed by atoms with Crippen molar-refractivity contribution in [1.29, 1.82) is 0 Å². The zero-order chi connectivity index (χ0) is 22.8. The second-order valence-corrected chi connectivity index (χ2v) is 10.4. The Hall–Kier alpha value is -1.70. The minimum atomic E-state index is -4.08. The zero-order valence-electron chi connectivity index (χ0n) is 16.0. The van der Waals surface area contributed by atoms with Gasteiger partial charge in [-0.25, -0.2) is 8.78 Å². The van der Waals surface area contributed by atoms with Crippen molar-refractivity contribution in [2.24, 2.45) is 5.92 Å². The van der Waals surface area contributed by atoms with Gasteiger partial charge in [-0.3, -0.25) is 9.52 Å². The number of anilines is 3. The van der Waals surface area contributed by atoms with Crippen LogP contribution >= 0.6 is 34.2 Å². The number of halogens is 4. The molecule has 0 aliphatic carbocycles. The molecular weight excluding hydrogens is 567 g/mol. The summed E-state index contributed by atoms with van der Waals surface area (Å²) in [6.45, 7) is 0.255. The summed E-state index contributed by atoms with van der Waals surface area (Å²) >= 11 is 8.20. The fourth-order valence-electron chi connectivity index (χ4n) is 3.29. The molecule has 2 aromatic carbocycles. The monoisotopic (exact) mass is 585 g/mol. The van der Waals surface area contributed by atoms with Gasteiger partial charge in [0, 0.05) is 23.1 Å². The van der Waals surface area contributed by atoms with Crippen molar-refractivity contribution in [2.75, 3.05) is 23.1 Å². The fourth-order valence-corrected chi connectivity index (χ4v) is 5.46. The first-order valence-corrected chi connectivity index (χ1v) is 12.2. The highest BCUT2D eigenvalue weighted by molar-refractivity contribution is 14.1. The molecule has 0 aromatic heterocycles. The summed E-state index contributed by atoms with van der Waals surface area (Å²) in [4.78, 5) is 10.8. The van der Waals surface area contributed by atoms with Gasteiger partial charge in [0.05, 0.1) is 16.4 Å². The lowest BCUT2D eigenvalue weighted by atomic mass is 9.95. The van der Waals surface area contributed by atoms with Gasteiger partial charge in [0.1, 0.15) is 5.69 Å². The predicted octanol–water partition coefficient (Wildman–Crippen LogP) is 4.81. The summed E-state index contributed by atoms with van der Waals surface area (Å²) < 4.78 is 58.4. The number of rotatable bonds is 7. The molecule has 3 rings (SSSR count). The highest BCUT2D eigenvalue weighted by Crippen LogP contribution is 2.35. The van der Waals surface area contributed by atoms with Crippen molar-refractivity contribution in [3.05, 3.63) is 50.6 Å². The van der Waals surface area contributed by atoms with Crippen molar-refractivity contribution in [3.63, 3.8) is 0 Å². The van der Waals surface area contributed by atoms with Crippen LogP contribution in [0.5, 0.6) is 0 Å². The van der Waals surface area contributed by atoms with Gasteiger partial charge < -0.3 is 10.4 Å². The van der Waals surface area contributed by atoms with Gasteiger partial charge in [-0.2, -0.15) is 12.7 Å². The minimum absolute atomic E-state index is 0.0185. The van der Waals surface area contributed by atoms with E-state index < -0.39 is 33.5 Å². The van der Waals surface area contributed by atoms with Gasteiger partial charge in [-0.1, -0.05) is 11.6 Å². The molecule has 0 amide bonds. The number of carboxylic acids is 1. The van der Waals surface area contributed by atoms with Gasteiger partial charge in [0.15, 0.2) is 11.6 Å². The average molecular weight is 586 g/mol. The Morgan fingerprint density at radius 1 is 1.19 bits per heavy atom.